The van der Waals surface area contributed by atoms with Gasteiger partial charge in [-0.25, -0.2) is 0 Å². The lowest BCUT2D eigenvalue weighted by Crippen LogP contribution is -1.85. The molecule has 0 N–H and O–H groups in total. The Bertz CT molecular complexity index is 435. The molecule has 1 heterocycles. The highest BCUT2D eigenvalue weighted by Crippen LogP contribution is 2.28. The van der Waals surface area contributed by atoms with Gasteiger partial charge in [0.2, 0.25) is 0 Å². The van der Waals surface area contributed by atoms with Gasteiger partial charge < -0.3 is 0 Å². The third-order valence-corrected chi connectivity index (χ3v) is 3.65. The Kier molecular flexibility index (Phi) is 2.92. The largest absolute Gasteiger partial charge is 0.141 e. The highest BCUT2D eigenvalue weighted by atomic mass is 32.1. The van der Waals surface area contributed by atoms with Crippen LogP contribution in [-0.4, -0.2) is 0 Å². The van der Waals surface area contributed by atoms with Crippen LogP contribution >= 0.6 is 11.3 Å². The summed E-state index contributed by atoms with van der Waals surface area (Å²) in [5.41, 5.74) is 2.74. The summed E-state index contributed by atoms with van der Waals surface area (Å²) in [6.45, 7) is 6.60. The second-order valence-corrected chi connectivity index (χ2v) is 5.47. The van der Waals surface area contributed by atoms with E-state index in [0.717, 1.165) is 0 Å². The molecule has 0 fully saturated rings. The van der Waals surface area contributed by atoms with Crippen molar-refractivity contribution in [3.05, 3.63) is 46.8 Å². The Morgan fingerprint density at radius 2 is 1.60 bits per heavy atom. The Hall–Kier alpha value is -1.08. The van der Waals surface area contributed by atoms with Crippen LogP contribution in [0.3, 0.4) is 0 Å². The smallest absolute Gasteiger partial charge is 0.0345 e. The molecule has 0 radical (unpaired) electrons. The number of benzene rings is 1. The zero-order valence-corrected chi connectivity index (χ0v) is 10.3. The van der Waals surface area contributed by atoms with Crippen LogP contribution in [0.4, 0.5) is 0 Å². The summed E-state index contributed by atoms with van der Waals surface area (Å²) in [6, 6.07) is 13.3. The maximum absolute atomic E-state index is 2.23. The first-order chi connectivity index (χ1) is 7.16. The third kappa shape index (κ3) is 2.29. The van der Waals surface area contributed by atoms with Gasteiger partial charge in [0.15, 0.2) is 0 Å². The quantitative estimate of drug-likeness (QED) is 0.673. The Labute approximate surface area is 95.6 Å². The Balaban J connectivity index is 2.31. The van der Waals surface area contributed by atoms with Gasteiger partial charge in [-0.05, 0) is 36.1 Å². The van der Waals surface area contributed by atoms with Crippen LogP contribution in [0.2, 0.25) is 0 Å². The first-order valence-electron chi connectivity index (χ1n) is 5.33. The number of hydrogen-bond donors (Lipinski definition) is 0. The van der Waals surface area contributed by atoms with Crippen molar-refractivity contribution in [1.29, 1.82) is 0 Å². The molecule has 1 aromatic heterocycles. The Morgan fingerprint density at radius 1 is 0.933 bits per heavy atom. The molecule has 0 bridgehead atoms. The molecular weight excluding hydrogens is 200 g/mol. The van der Waals surface area contributed by atoms with E-state index >= 15 is 0 Å². The van der Waals surface area contributed by atoms with E-state index in [1.165, 1.54) is 20.9 Å². The molecule has 0 nitrogen and oxygen atoms in total. The average molecular weight is 216 g/mol. The second-order valence-electron chi connectivity index (χ2n) is 4.19. The summed E-state index contributed by atoms with van der Waals surface area (Å²) in [6.07, 6.45) is 0. The van der Waals surface area contributed by atoms with Gasteiger partial charge in [0.1, 0.15) is 0 Å². The van der Waals surface area contributed by atoms with Crippen molar-refractivity contribution in [3.8, 4) is 10.4 Å². The first-order valence-corrected chi connectivity index (χ1v) is 6.15. The van der Waals surface area contributed by atoms with Gasteiger partial charge in [0, 0.05) is 9.75 Å². The molecule has 0 atom stereocenters. The average Bonchev–Trinajstić information content (AvgIpc) is 2.65. The van der Waals surface area contributed by atoms with Crippen molar-refractivity contribution in [2.45, 2.75) is 26.7 Å². The van der Waals surface area contributed by atoms with Gasteiger partial charge in [-0.3, -0.25) is 0 Å². The molecule has 0 aliphatic rings. The van der Waals surface area contributed by atoms with Crippen molar-refractivity contribution in [2.75, 3.05) is 0 Å². The van der Waals surface area contributed by atoms with Crippen LogP contribution in [0.25, 0.3) is 10.4 Å². The molecule has 1 aromatic carbocycles. The number of rotatable bonds is 2. The van der Waals surface area contributed by atoms with Gasteiger partial charge in [-0.15, -0.1) is 11.3 Å². The molecule has 15 heavy (non-hydrogen) atoms. The zero-order valence-electron chi connectivity index (χ0n) is 9.45. The van der Waals surface area contributed by atoms with Gasteiger partial charge in [-0.2, -0.15) is 0 Å². The fourth-order valence-electron chi connectivity index (χ4n) is 1.62. The van der Waals surface area contributed by atoms with Crippen LogP contribution in [0.15, 0.2) is 36.4 Å². The molecule has 0 aliphatic heterocycles. The lowest BCUT2D eigenvalue weighted by molar-refractivity contribution is 0.867. The molecule has 2 rings (SSSR count). The van der Waals surface area contributed by atoms with E-state index < -0.39 is 0 Å². The van der Waals surface area contributed by atoms with Crippen molar-refractivity contribution in [1.82, 2.24) is 0 Å². The first kappa shape index (κ1) is 10.4. The molecule has 0 saturated carbocycles. The molecule has 1 heteroatoms. The van der Waals surface area contributed by atoms with Gasteiger partial charge in [0.05, 0.1) is 0 Å². The SMILES string of the molecule is Cc1ccc(-c2ccc(C(C)C)cc2)s1. The van der Waals surface area contributed by atoms with E-state index in [1.54, 1.807) is 0 Å². The molecule has 2 aromatic rings. The van der Waals surface area contributed by atoms with E-state index in [-0.39, 0.29) is 0 Å². The van der Waals surface area contributed by atoms with Crippen LogP contribution < -0.4 is 0 Å². The lowest BCUT2D eigenvalue weighted by Gasteiger charge is -2.05. The fraction of sp³-hybridized carbons (Fsp3) is 0.286. The molecule has 0 saturated heterocycles. The minimum Gasteiger partial charge on any atom is -0.141 e. The zero-order chi connectivity index (χ0) is 10.8. The molecule has 0 aliphatic carbocycles. The predicted octanol–water partition coefficient (Wildman–Crippen LogP) is 4.85. The van der Waals surface area contributed by atoms with Crippen LogP contribution in [0.5, 0.6) is 0 Å². The Morgan fingerprint density at radius 3 is 2.07 bits per heavy atom. The lowest BCUT2D eigenvalue weighted by atomic mass is 10.0. The summed E-state index contributed by atoms with van der Waals surface area (Å²) in [4.78, 5) is 2.74. The summed E-state index contributed by atoms with van der Waals surface area (Å²) < 4.78 is 0. The molecule has 0 amide bonds. The van der Waals surface area contributed by atoms with Crippen molar-refractivity contribution < 1.29 is 0 Å². The topological polar surface area (TPSA) is 0 Å². The minimum absolute atomic E-state index is 0.615. The van der Waals surface area contributed by atoms with Gasteiger partial charge >= 0.3 is 0 Å². The minimum atomic E-state index is 0.615. The van der Waals surface area contributed by atoms with E-state index in [9.17, 15) is 0 Å². The second kappa shape index (κ2) is 4.19. The molecular formula is C14H16S. The summed E-state index contributed by atoms with van der Waals surface area (Å²) in [5, 5.41) is 0. The summed E-state index contributed by atoms with van der Waals surface area (Å²) in [7, 11) is 0. The van der Waals surface area contributed by atoms with E-state index in [0.29, 0.717) is 5.92 Å². The maximum Gasteiger partial charge on any atom is 0.0345 e. The molecule has 0 unspecified atom stereocenters. The summed E-state index contributed by atoms with van der Waals surface area (Å²) >= 11 is 1.86. The normalized spacial score (nSPS) is 10.9. The fourth-order valence-corrected chi connectivity index (χ4v) is 2.49. The van der Waals surface area contributed by atoms with E-state index in [4.69, 9.17) is 0 Å². The highest BCUT2D eigenvalue weighted by Gasteiger charge is 2.02. The molecule has 78 valence electrons. The van der Waals surface area contributed by atoms with E-state index in [1.807, 2.05) is 11.3 Å². The van der Waals surface area contributed by atoms with Gasteiger partial charge in [-0.1, -0.05) is 38.1 Å². The van der Waals surface area contributed by atoms with Crippen LogP contribution in [-0.2, 0) is 0 Å². The third-order valence-electron chi connectivity index (χ3n) is 2.60. The number of thiophene rings is 1. The number of hydrogen-bond acceptors (Lipinski definition) is 1. The van der Waals surface area contributed by atoms with Crippen LogP contribution in [0.1, 0.15) is 30.2 Å². The number of aryl methyl sites for hydroxylation is 1. The molecule has 0 spiro atoms. The monoisotopic (exact) mass is 216 g/mol. The van der Waals surface area contributed by atoms with E-state index in [2.05, 4.69) is 57.2 Å². The highest BCUT2D eigenvalue weighted by molar-refractivity contribution is 7.15. The summed E-state index contributed by atoms with van der Waals surface area (Å²) in [5.74, 6) is 0.615. The maximum atomic E-state index is 2.23. The van der Waals surface area contributed by atoms with Crippen molar-refractivity contribution in [3.63, 3.8) is 0 Å². The van der Waals surface area contributed by atoms with Gasteiger partial charge in [0.25, 0.3) is 0 Å². The van der Waals surface area contributed by atoms with Crippen molar-refractivity contribution >= 4 is 11.3 Å². The standard InChI is InChI=1S/C14H16S/c1-10(2)12-5-7-13(8-6-12)14-9-4-11(3)15-14/h4-10H,1-3H3. The van der Waals surface area contributed by atoms with Crippen LogP contribution in [0, 0.1) is 6.92 Å². The van der Waals surface area contributed by atoms with Crippen molar-refractivity contribution in [2.24, 2.45) is 0 Å². The predicted molar refractivity (Wildman–Crippen MR) is 68.6 cm³/mol.